The Labute approximate surface area is 172 Å². The first-order valence-corrected chi connectivity index (χ1v) is 9.83. The molecule has 0 aliphatic heterocycles. The summed E-state index contributed by atoms with van der Waals surface area (Å²) in [5.41, 5.74) is 3.64. The summed E-state index contributed by atoms with van der Waals surface area (Å²) in [6, 6.07) is 11.8. The van der Waals surface area contributed by atoms with E-state index in [9.17, 15) is 14.4 Å². The molecule has 2 aromatic carbocycles. The van der Waals surface area contributed by atoms with Crippen LogP contribution in [0.15, 0.2) is 51.7 Å². The van der Waals surface area contributed by atoms with Crippen molar-refractivity contribution in [2.75, 3.05) is 11.9 Å². The summed E-state index contributed by atoms with van der Waals surface area (Å²) in [5, 5.41) is 3.17. The molecule has 0 unspecified atom stereocenters. The van der Waals surface area contributed by atoms with E-state index in [0.717, 1.165) is 19.3 Å². The minimum absolute atomic E-state index is 0.0668. The van der Waals surface area contributed by atoms with E-state index in [1.807, 2.05) is 12.1 Å². The third kappa shape index (κ3) is 4.20. The zero-order valence-corrected chi connectivity index (χ0v) is 16.5. The zero-order chi connectivity index (χ0) is 21.1. The van der Waals surface area contributed by atoms with Crippen LogP contribution in [0.1, 0.15) is 40.4 Å². The molecule has 1 aromatic heterocycles. The molecule has 0 saturated carbocycles. The number of ether oxygens (including phenoxy) is 2. The van der Waals surface area contributed by atoms with Crippen molar-refractivity contribution >= 4 is 28.7 Å². The van der Waals surface area contributed by atoms with Crippen LogP contribution >= 0.6 is 0 Å². The van der Waals surface area contributed by atoms with E-state index < -0.39 is 17.7 Å². The maximum atomic E-state index is 12.5. The van der Waals surface area contributed by atoms with Crippen molar-refractivity contribution in [1.82, 2.24) is 0 Å². The van der Waals surface area contributed by atoms with Crippen molar-refractivity contribution in [3.63, 3.8) is 0 Å². The highest BCUT2D eigenvalue weighted by Crippen LogP contribution is 2.25. The van der Waals surface area contributed by atoms with Gasteiger partial charge in [-0.1, -0.05) is 6.07 Å². The fourth-order valence-electron chi connectivity index (χ4n) is 3.64. The first-order chi connectivity index (χ1) is 14.5. The fourth-order valence-corrected chi connectivity index (χ4v) is 3.64. The maximum absolute atomic E-state index is 12.5. The van der Waals surface area contributed by atoms with Gasteiger partial charge in [0, 0.05) is 28.8 Å². The average Bonchev–Trinajstić information content (AvgIpc) is 3.19. The highest BCUT2D eigenvalue weighted by Gasteiger charge is 2.16. The third-order valence-electron chi connectivity index (χ3n) is 5.04. The van der Waals surface area contributed by atoms with Crippen molar-refractivity contribution in [3.05, 3.63) is 75.1 Å². The van der Waals surface area contributed by atoms with Crippen LogP contribution in [0.5, 0.6) is 0 Å². The zero-order valence-electron chi connectivity index (χ0n) is 16.5. The number of anilines is 1. The van der Waals surface area contributed by atoms with Gasteiger partial charge in [0.2, 0.25) is 0 Å². The van der Waals surface area contributed by atoms with E-state index in [0.29, 0.717) is 22.2 Å². The Morgan fingerprint density at radius 3 is 2.70 bits per heavy atom. The average molecular weight is 407 g/mol. The molecule has 0 spiro atoms. The number of nitrogens with one attached hydrogen (secondary N) is 1. The van der Waals surface area contributed by atoms with Gasteiger partial charge in [-0.25, -0.2) is 14.4 Å². The van der Waals surface area contributed by atoms with Gasteiger partial charge in [0.05, 0.1) is 12.2 Å². The van der Waals surface area contributed by atoms with Crippen molar-refractivity contribution in [3.8, 4) is 0 Å². The first-order valence-electron chi connectivity index (χ1n) is 9.83. The summed E-state index contributed by atoms with van der Waals surface area (Å²) in [6.45, 7) is 1.88. The lowest BCUT2D eigenvalue weighted by Gasteiger charge is -2.10. The predicted molar refractivity (Wildman–Crippen MR) is 111 cm³/mol. The van der Waals surface area contributed by atoms with Crippen LogP contribution in [0.2, 0.25) is 0 Å². The molecule has 4 rings (SSSR count). The second-order valence-electron chi connectivity index (χ2n) is 7.06. The summed E-state index contributed by atoms with van der Waals surface area (Å²) in [7, 11) is 0. The number of aryl methyl sites for hydroxylation is 2. The molecule has 0 fully saturated rings. The minimum atomic E-state index is -0.598. The van der Waals surface area contributed by atoms with Gasteiger partial charge in [-0.15, -0.1) is 0 Å². The topological polar surface area (TPSA) is 94.8 Å². The van der Waals surface area contributed by atoms with Crippen molar-refractivity contribution < 1.29 is 23.5 Å². The number of hydrogen-bond acceptors (Lipinski definition) is 6. The summed E-state index contributed by atoms with van der Waals surface area (Å²) < 4.78 is 15.5. The van der Waals surface area contributed by atoms with Gasteiger partial charge in [0.15, 0.2) is 0 Å². The van der Waals surface area contributed by atoms with Crippen LogP contribution in [0.3, 0.4) is 0 Å². The van der Waals surface area contributed by atoms with Gasteiger partial charge < -0.3 is 13.9 Å². The van der Waals surface area contributed by atoms with E-state index in [4.69, 9.17) is 13.9 Å². The number of hydrogen-bond donors (Lipinski definition) is 1. The van der Waals surface area contributed by atoms with E-state index in [-0.39, 0.29) is 18.8 Å². The van der Waals surface area contributed by atoms with Crippen molar-refractivity contribution in [2.24, 2.45) is 0 Å². The number of rotatable bonds is 5. The molecule has 1 aliphatic rings. The molecule has 0 atom stereocenters. The first kappa shape index (κ1) is 19.7. The smallest absolute Gasteiger partial charge is 0.411 e. The number of fused-ring (bicyclic) bond motifs is 2. The van der Waals surface area contributed by atoms with Crippen LogP contribution in [0.25, 0.3) is 11.0 Å². The summed E-state index contributed by atoms with van der Waals surface area (Å²) in [4.78, 5) is 36.0. The van der Waals surface area contributed by atoms with Crippen LogP contribution in [-0.2, 0) is 28.9 Å². The molecule has 1 aliphatic carbocycles. The molecule has 1 N–H and O–H groups in total. The highest BCUT2D eigenvalue weighted by molar-refractivity contribution is 5.91. The van der Waals surface area contributed by atoms with E-state index >= 15 is 0 Å². The maximum Gasteiger partial charge on any atom is 0.411 e. The van der Waals surface area contributed by atoms with E-state index in [1.54, 1.807) is 25.1 Å². The van der Waals surface area contributed by atoms with Crippen LogP contribution in [0, 0.1) is 0 Å². The summed E-state index contributed by atoms with van der Waals surface area (Å²) in [5.74, 6) is -0.438. The van der Waals surface area contributed by atoms with Crippen molar-refractivity contribution in [2.45, 2.75) is 32.8 Å². The molecule has 0 saturated heterocycles. The van der Waals surface area contributed by atoms with Gasteiger partial charge in [-0.2, -0.15) is 0 Å². The lowest BCUT2D eigenvalue weighted by molar-refractivity contribution is 0.0473. The molecule has 0 radical (unpaired) electrons. The Balaban J connectivity index is 1.52. The monoisotopic (exact) mass is 407 g/mol. The predicted octanol–water partition coefficient (Wildman–Crippen LogP) is 4.21. The molecule has 7 nitrogen and oxygen atoms in total. The molecule has 0 bridgehead atoms. The highest BCUT2D eigenvalue weighted by atomic mass is 16.5. The number of carbonyl (C=O) groups excluding carboxylic acids is 2. The summed E-state index contributed by atoms with van der Waals surface area (Å²) in [6.07, 6.45) is 2.53. The molecule has 1 amide bonds. The van der Waals surface area contributed by atoms with Gasteiger partial charge in [-0.05, 0) is 61.6 Å². The minimum Gasteiger partial charge on any atom is -0.457 e. The van der Waals surface area contributed by atoms with Crippen molar-refractivity contribution in [1.29, 1.82) is 0 Å². The second-order valence-corrected chi connectivity index (χ2v) is 7.06. The second kappa shape index (κ2) is 8.41. The Bertz CT molecular complexity index is 1180. The SMILES string of the molecule is CCOC(=O)Nc1ccc2c(COC(=O)c3ccc4c(c3)CCC4)cc(=O)oc2c1. The number of esters is 1. The lowest BCUT2D eigenvalue weighted by atomic mass is 10.1. The molecule has 3 aromatic rings. The quantitative estimate of drug-likeness (QED) is 0.503. The van der Waals surface area contributed by atoms with Crippen LogP contribution in [-0.4, -0.2) is 18.7 Å². The largest absolute Gasteiger partial charge is 0.457 e. The normalized spacial score (nSPS) is 12.4. The standard InChI is InChI=1S/C23H21NO6/c1-2-28-23(27)24-18-8-9-19-17(11-21(25)30-20(19)12-18)13-29-22(26)16-7-6-14-4-3-5-15(14)10-16/h6-12H,2-5,13H2,1H3,(H,24,27). The molecule has 154 valence electrons. The molecular weight excluding hydrogens is 386 g/mol. The number of amides is 1. The molecule has 1 heterocycles. The summed E-state index contributed by atoms with van der Waals surface area (Å²) >= 11 is 0. The Morgan fingerprint density at radius 2 is 1.87 bits per heavy atom. The van der Waals surface area contributed by atoms with E-state index in [1.165, 1.54) is 23.3 Å². The fraction of sp³-hybridized carbons (Fsp3) is 0.261. The Morgan fingerprint density at radius 1 is 1.03 bits per heavy atom. The van der Waals surface area contributed by atoms with Gasteiger partial charge in [0.1, 0.15) is 12.2 Å². The van der Waals surface area contributed by atoms with Gasteiger partial charge in [0.25, 0.3) is 0 Å². The van der Waals surface area contributed by atoms with Crippen LogP contribution in [0.4, 0.5) is 10.5 Å². The Kier molecular flexibility index (Phi) is 5.52. The number of benzene rings is 2. The Hall–Kier alpha value is -3.61. The molecule has 30 heavy (non-hydrogen) atoms. The lowest BCUT2D eigenvalue weighted by Crippen LogP contribution is -2.13. The number of carbonyl (C=O) groups is 2. The molecule has 7 heteroatoms. The third-order valence-corrected chi connectivity index (χ3v) is 5.04. The van der Waals surface area contributed by atoms with Gasteiger partial charge in [-0.3, -0.25) is 5.32 Å². The van der Waals surface area contributed by atoms with E-state index in [2.05, 4.69) is 5.32 Å². The molecular formula is C23H21NO6. The van der Waals surface area contributed by atoms with Crippen LogP contribution < -0.4 is 10.9 Å². The van der Waals surface area contributed by atoms with Gasteiger partial charge >= 0.3 is 17.7 Å².